The summed E-state index contributed by atoms with van der Waals surface area (Å²) < 4.78 is 2.41. The molecular weight excluding hydrogens is 833 g/mol. The molecule has 0 N–H and O–H groups in total. The third kappa shape index (κ3) is 8.41. The summed E-state index contributed by atoms with van der Waals surface area (Å²) >= 11 is 0. The van der Waals surface area contributed by atoms with Crippen LogP contribution in [0.1, 0.15) is 11.1 Å². The van der Waals surface area contributed by atoms with E-state index in [-0.39, 0.29) is 0 Å². The highest BCUT2D eigenvalue weighted by Crippen LogP contribution is 2.40. The minimum Gasteiger partial charge on any atom is -0.311 e. The Morgan fingerprint density at radius 3 is 1.03 bits per heavy atom. The van der Waals surface area contributed by atoms with Gasteiger partial charge in [-0.1, -0.05) is 200 Å². The van der Waals surface area contributed by atoms with Gasteiger partial charge < -0.3 is 9.47 Å². The fourth-order valence-corrected chi connectivity index (χ4v) is 9.88. The van der Waals surface area contributed by atoms with Crippen LogP contribution in [0.25, 0.3) is 83.1 Å². The van der Waals surface area contributed by atoms with E-state index in [1.54, 1.807) is 0 Å². The van der Waals surface area contributed by atoms with Gasteiger partial charge in [0.15, 0.2) is 0 Å². The first-order chi connectivity index (χ1) is 34.2. The van der Waals surface area contributed by atoms with Crippen LogP contribution in [0, 0.1) is 0 Å². The first-order valence-corrected chi connectivity index (χ1v) is 23.8. The quantitative estimate of drug-likeness (QED) is 0.126. The minimum absolute atomic E-state index is 0.902. The van der Waals surface area contributed by atoms with E-state index in [2.05, 4.69) is 289 Å². The Balaban J connectivity index is 0.851. The maximum Gasteiger partial charge on any atom is 0.0541 e. The van der Waals surface area contributed by atoms with Gasteiger partial charge in [0.2, 0.25) is 0 Å². The molecule has 0 aliphatic heterocycles. The van der Waals surface area contributed by atoms with Crippen LogP contribution in [0.15, 0.2) is 279 Å². The van der Waals surface area contributed by atoms with E-state index in [4.69, 9.17) is 0 Å². The molecule has 0 aliphatic carbocycles. The highest BCUT2D eigenvalue weighted by atomic mass is 15.1. The summed E-state index contributed by atoms with van der Waals surface area (Å²) in [5.74, 6) is 0. The molecule has 69 heavy (non-hydrogen) atoms. The van der Waals surface area contributed by atoms with Gasteiger partial charge in [0.05, 0.1) is 11.0 Å². The molecule has 0 aliphatic rings. The average Bonchev–Trinajstić information content (AvgIpc) is 3.76. The van der Waals surface area contributed by atoms with E-state index >= 15 is 0 Å². The zero-order valence-electron chi connectivity index (χ0n) is 38.2. The molecule has 11 aromatic carbocycles. The van der Waals surface area contributed by atoms with Gasteiger partial charge in [-0.25, -0.2) is 0 Å². The van der Waals surface area contributed by atoms with E-state index in [9.17, 15) is 0 Å². The van der Waals surface area contributed by atoms with Crippen LogP contribution in [0.5, 0.6) is 0 Å². The van der Waals surface area contributed by atoms with Crippen LogP contribution in [-0.4, -0.2) is 4.57 Å². The molecule has 2 nitrogen and oxygen atoms in total. The van der Waals surface area contributed by atoms with Crippen molar-refractivity contribution >= 4 is 38.9 Å². The molecule has 0 radical (unpaired) electrons. The fraction of sp³-hybridized carbons (Fsp3) is 0.0149. The number of hydrogen-bond donors (Lipinski definition) is 0. The Morgan fingerprint density at radius 1 is 0.246 bits per heavy atom. The Kier molecular flexibility index (Phi) is 11.0. The van der Waals surface area contributed by atoms with Gasteiger partial charge >= 0.3 is 0 Å². The van der Waals surface area contributed by atoms with Crippen molar-refractivity contribution in [3.05, 3.63) is 290 Å². The maximum atomic E-state index is 2.41. The number of aromatic nitrogens is 1. The van der Waals surface area contributed by atoms with E-state index in [1.807, 2.05) is 0 Å². The van der Waals surface area contributed by atoms with Gasteiger partial charge in [0.25, 0.3) is 0 Å². The van der Waals surface area contributed by atoms with E-state index < -0.39 is 0 Å². The minimum atomic E-state index is 0.902. The van der Waals surface area contributed by atoms with Crippen LogP contribution in [-0.2, 0) is 6.42 Å². The first-order valence-electron chi connectivity index (χ1n) is 23.8. The van der Waals surface area contributed by atoms with Crippen molar-refractivity contribution in [2.24, 2.45) is 0 Å². The van der Waals surface area contributed by atoms with Gasteiger partial charge in [-0.15, -0.1) is 0 Å². The zero-order valence-corrected chi connectivity index (χ0v) is 38.2. The van der Waals surface area contributed by atoms with E-state index in [0.717, 1.165) is 29.2 Å². The summed E-state index contributed by atoms with van der Waals surface area (Å²) in [7, 11) is 0. The second-order valence-corrected chi connectivity index (χ2v) is 17.8. The molecule has 0 saturated carbocycles. The smallest absolute Gasteiger partial charge is 0.0541 e. The highest BCUT2D eigenvalue weighted by molar-refractivity contribution is 6.11. The van der Waals surface area contributed by atoms with E-state index in [0.29, 0.717) is 0 Å². The standard InChI is InChI=1S/C67H48N2/c1-5-14-48(15-6-1)44-49-24-34-60(35-25-49)68(61-36-26-53(27-37-61)50-16-7-2-8-17-50)62-38-28-54(29-39-62)56-22-13-23-57(45-56)55-30-40-63(41-31-55)69-66-42-32-58(51-18-9-3-10-19-51)46-64(66)65-47-59(33-43-67(65)69)52-20-11-4-12-21-52/h1-43,45-47H,44H2. The lowest BCUT2D eigenvalue weighted by Gasteiger charge is -2.26. The molecular formula is C67H48N2. The molecule has 0 amide bonds. The maximum absolute atomic E-state index is 2.41. The van der Waals surface area contributed by atoms with E-state index in [1.165, 1.54) is 88.6 Å². The van der Waals surface area contributed by atoms with Crippen molar-refractivity contribution < 1.29 is 0 Å². The van der Waals surface area contributed by atoms with Crippen molar-refractivity contribution in [2.75, 3.05) is 4.90 Å². The average molecular weight is 881 g/mol. The molecule has 2 heteroatoms. The fourth-order valence-electron chi connectivity index (χ4n) is 9.88. The van der Waals surface area contributed by atoms with Crippen molar-refractivity contribution in [3.8, 4) is 61.3 Å². The molecule has 326 valence electrons. The summed E-state index contributed by atoms with van der Waals surface area (Å²) in [6, 6.07) is 101. The summed E-state index contributed by atoms with van der Waals surface area (Å²) in [5.41, 5.74) is 21.4. The van der Waals surface area contributed by atoms with Crippen molar-refractivity contribution in [2.45, 2.75) is 6.42 Å². The molecule has 0 bridgehead atoms. The largest absolute Gasteiger partial charge is 0.311 e. The topological polar surface area (TPSA) is 8.17 Å². The van der Waals surface area contributed by atoms with Crippen molar-refractivity contribution in [1.29, 1.82) is 0 Å². The Labute approximate surface area is 404 Å². The van der Waals surface area contributed by atoms with Crippen molar-refractivity contribution in [1.82, 2.24) is 4.57 Å². The number of benzene rings is 11. The molecule has 12 aromatic rings. The van der Waals surface area contributed by atoms with Gasteiger partial charge in [-0.2, -0.15) is 0 Å². The number of nitrogens with zero attached hydrogens (tertiary/aromatic N) is 2. The lowest BCUT2D eigenvalue weighted by atomic mass is 9.98. The molecule has 12 rings (SSSR count). The zero-order chi connectivity index (χ0) is 45.9. The van der Waals surface area contributed by atoms with Crippen LogP contribution in [0.4, 0.5) is 17.1 Å². The molecule has 1 aromatic heterocycles. The van der Waals surface area contributed by atoms with Gasteiger partial charge in [0, 0.05) is 33.5 Å². The van der Waals surface area contributed by atoms with Crippen LogP contribution in [0.2, 0.25) is 0 Å². The summed E-state index contributed by atoms with van der Waals surface area (Å²) in [6.07, 6.45) is 0.902. The van der Waals surface area contributed by atoms with Gasteiger partial charge in [0.1, 0.15) is 0 Å². The lowest BCUT2D eigenvalue weighted by Crippen LogP contribution is -2.10. The molecule has 0 saturated heterocycles. The van der Waals surface area contributed by atoms with Crippen molar-refractivity contribution in [3.63, 3.8) is 0 Å². The Morgan fingerprint density at radius 2 is 0.565 bits per heavy atom. The number of hydrogen-bond acceptors (Lipinski definition) is 1. The Bertz CT molecular complexity index is 3580. The highest BCUT2D eigenvalue weighted by Gasteiger charge is 2.17. The SMILES string of the molecule is c1ccc(Cc2ccc(N(c3ccc(-c4ccccc4)cc3)c3ccc(-c4cccc(-c5ccc(-n6c7ccc(-c8ccccc8)cc7c7cc(-c8ccccc8)ccc76)cc5)c4)cc3)cc2)cc1. The molecule has 0 spiro atoms. The summed E-state index contributed by atoms with van der Waals surface area (Å²) in [6.45, 7) is 0. The number of fused-ring (bicyclic) bond motifs is 3. The lowest BCUT2D eigenvalue weighted by molar-refractivity contribution is 1.18. The van der Waals surface area contributed by atoms with Gasteiger partial charge in [-0.05, 0) is 152 Å². The second-order valence-electron chi connectivity index (χ2n) is 17.8. The van der Waals surface area contributed by atoms with Crippen LogP contribution < -0.4 is 4.90 Å². The molecule has 0 atom stereocenters. The number of anilines is 3. The molecule has 0 unspecified atom stereocenters. The molecule has 0 fully saturated rings. The van der Waals surface area contributed by atoms with Crippen LogP contribution >= 0.6 is 0 Å². The summed E-state index contributed by atoms with van der Waals surface area (Å²) in [4.78, 5) is 2.35. The third-order valence-electron chi connectivity index (χ3n) is 13.4. The second kappa shape index (κ2) is 18.4. The number of rotatable bonds is 11. The first kappa shape index (κ1) is 41.5. The normalized spacial score (nSPS) is 11.2. The van der Waals surface area contributed by atoms with Crippen LogP contribution in [0.3, 0.4) is 0 Å². The third-order valence-corrected chi connectivity index (χ3v) is 13.4. The summed E-state index contributed by atoms with van der Waals surface area (Å²) in [5, 5.41) is 2.49. The predicted octanol–water partition coefficient (Wildman–Crippen LogP) is 18.2. The Hall–Kier alpha value is -8.98. The predicted molar refractivity (Wildman–Crippen MR) is 292 cm³/mol. The van der Waals surface area contributed by atoms with Gasteiger partial charge in [-0.3, -0.25) is 0 Å². The molecule has 1 heterocycles. The monoisotopic (exact) mass is 880 g/mol.